The molecule has 33 heavy (non-hydrogen) atoms. The third kappa shape index (κ3) is 4.20. The van der Waals surface area contributed by atoms with E-state index in [2.05, 4.69) is 10.2 Å². The minimum absolute atomic E-state index is 0.175. The number of hydrogen-bond acceptors (Lipinski definition) is 4. The Morgan fingerprint density at radius 3 is 2.58 bits per heavy atom. The first-order valence-electron chi connectivity index (χ1n) is 11.1. The molecule has 4 amide bonds. The van der Waals surface area contributed by atoms with Gasteiger partial charge in [-0.2, -0.15) is 0 Å². The van der Waals surface area contributed by atoms with Gasteiger partial charge in [-0.1, -0.05) is 35.9 Å². The summed E-state index contributed by atoms with van der Waals surface area (Å²) in [6.45, 7) is 3.01. The number of imide groups is 1. The van der Waals surface area contributed by atoms with Gasteiger partial charge in [0, 0.05) is 18.5 Å². The number of carbonyl (C=O) groups is 3. The summed E-state index contributed by atoms with van der Waals surface area (Å²) < 4.78 is 13.8. The highest BCUT2D eigenvalue weighted by Crippen LogP contribution is 2.34. The van der Waals surface area contributed by atoms with E-state index >= 15 is 0 Å². The van der Waals surface area contributed by atoms with Crippen LogP contribution in [0.15, 0.2) is 36.4 Å². The molecular weight excluding hydrogens is 447 g/mol. The first-order valence-corrected chi connectivity index (χ1v) is 11.5. The second-order valence-electron chi connectivity index (χ2n) is 8.77. The third-order valence-electron chi connectivity index (χ3n) is 6.69. The summed E-state index contributed by atoms with van der Waals surface area (Å²) in [4.78, 5) is 38.7. The molecule has 7 nitrogen and oxygen atoms in total. The third-order valence-corrected chi connectivity index (χ3v) is 7.09. The van der Waals surface area contributed by atoms with Crippen molar-refractivity contribution in [3.63, 3.8) is 0 Å². The average Bonchev–Trinajstić information content (AvgIpc) is 3.12. The molecule has 0 spiro atoms. The van der Waals surface area contributed by atoms with Crippen molar-refractivity contribution >= 4 is 29.4 Å². The predicted molar refractivity (Wildman–Crippen MR) is 120 cm³/mol. The lowest BCUT2D eigenvalue weighted by molar-refractivity contribution is -0.123. The predicted octanol–water partition coefficient (Wildman–Crippen LogP) is 3.67. The molecule has 2 aromatic carbocycles. The van der Waals surface area contributed by atoms with Gasteiger partial charge in [0.1, 0.15) is 5.82 Å². The number of rotatable bonds is 4. The lowest BCUT2D eigenvalue weighted by Crippen LogP contribution is -2.56. The molecule has 2 saturated heterocycles. The maximum Gasteiger partial charge on any atom is 0.342 e. The van der Waals surface area contributed by atoms with Gasteiger partial charge < -0.3 is 0 Å². The molecule has 3 heterocycles. The fourth-order valence-electron chi connectivity index (χ4n) is 4.93. The van der Waals surface area contributed by atoms with Crippen LogP contribution in [0.5, 0.6) is 0 Å². The molecule has 0 saturated carbocycles. The molecule has 0 atom stereocenters. The van der Waals surface area contributed by atoms with Crippen molar-refractivity contribution in [1.29, 1.82) is 0 Å². The number of urea groups is 1. The minimum Gasteiger partial charge on any atom is -0.299 e. The number of amides is 4. The van der Waals surface area contributed by atoms with E-state index in [0.717, 1.165) is 49.2 Å². The van der Waals surface area contributed by atoms with E-state index in [1.807, 2.05) is 24.3 Å². The van der Waals surface area contributed by atoms with Crippen LogP contribution in [-0.2, 0) is 17.9 Å². The summed E-state index contributed by atoms with van der Waals surface area (Å²) >= 11 is 6.18. The maximum atomic E-state index is 13.8. The van der Waals surface area contributed by atoms with Crippen LogP contribution in [0.2, 0.25) is 5.02 Å². The highest BCUT2D eigenvalue weighted by molar-refractivity contribution is 6.31. The zero-order valence-electron chi connectivity index (χ0n) is 18.0. The molecule has 3 aliphatic rings. The van der Waals surface area contributed by atoms with Gasteiger partial charge in [0.15, 0.2) is 0 Å². The Kier molecular flexibility index (Phi) is 5.80. The van der Waals surface area contributed by atoms with Crippen molar-refractivity contribution in [1.82, 2.24) is 20.2 Å². The van der Waals surface area contributed by atoms with Crippen molar-refractivity contribution in [2.45, 2.75) is 38.3 Å². The normalized spacial score (nSPS) is 19.8. The molecular formula is C24H24ClFN4O3. The van der Waals surface area contributed by atoms with Crippen LogP contribution in [0.4, 0.5) is 9.18 Å². The highest BCUT2D eigenvalue weighted by atomic mass is 35.5. The largest absolute Gasteiger partial charge is 0.342 e. The van der Waals surface area contributed by atoms with Gasteiger partial charge in [-0.15, -0.1) is 0 Å². The number of nitrogens with one attached hydrogen (secondary N) is 1. The van der Waals surface area contributed by atoms with Crippen LogP contribution in [-0.4, -0.2) is 52.4 Å². The number of piperidine rings is 1. The van der Waals surface area contributed by atoms with Crippen molar-refractivity contribution in [2.75, 3.05) is 19.6 Å². The van der Waals surface area contributed by atoms with Crippen LogP contribution < -0.4 is 5.32 Å². The van der Waals surface area contributed by atoms with Crippen molar-refractivity contribution in [3.05, 3.63) is 69.5 Å². The van der Waals surface area contributed by atoms with E-state index in [4.69, 9.17) is 11.6 Å². The van der Waals surface area contributed by atoms with Crippen LogP contribution in [0, 0.1) is 5.82 Å². The van der Waals surface area contributed by atoms with Gasteiger partial charge in [-0.25, -0.2) is 19.2 Å². The number of halogens is 2. The quantitative estimate of drug-likeness (QED) is 0.740. The van der Waals surface area contributed by atoms with Gasteiger partial charge in [0.05, 0.1) is 18.1 Å². The zero-order valence-corrected chi connectivity index (χ0v) is 18.8. The molecule has 3 aliphatic heterocycles. The first kappa shape index (κ1) is 21.9. The summed E-state index contributed by atoms with van der Waals surface area (Å²) in [7, 11) is 0. The smallest absolute Gasteiger partial charge is 0.299 e. The maximum absolute atomic E-state index is 13.8. The fraction of sp³-hybridized carbons (Fsp3) is 0.375. The van der Waals surface area contributed by atoms with Crippen LogP contribution in [0.1, 0.15) is 52.2 Å². The van der Waals surface area contributed by atoms with Gasteiger partial charge in [0.25, 0.3) is 5.91 Å². The summed E-state index contributed by atoms with van der Waals surface area (Å²) in [5, 5.41) is 5.21. The lowest BCUT2D eigenvalue weighted by Gasteiger charge is -2.33. The lowest BCUT2D eigenvalue weighted by atomic mass is 9.89. The molecule has 2 fully saturated rings. The number of hydrazine groups is 1. The van der Waals surface area contributed by atoms with E-state index in [1.165, 1.54) is 16.1 Å². The molecule has 0 radical (unpaired) electrons. The number of likely N-dealkylation sites (tertiary alicyclic amines) is 1. The van der Waals surface area contributed by atoms with Crippen LogP contribution in [0.3, 0.4) is 0 Å². The fourth-order valence-corrected chi connectivity index (χ4v) is 5.21. The molecule has 172 valence electrons. The minimum atomic E-state index is -0.561. The summed E-state index contributed by atoms with van der Waals surface area (Å²) in [6.07, 6.45) is 1.99. The van der Waals surface area contributed by atoms with Crippen LogP contribution in [0.25, 0.3) is 0 Å². The number of carbonyl (C=O) groups excluding carboxylic acids is 3. The topological polar surface area (TPSA) is 73.0 Å². The number of benzene rings is 2. The van der Waals surface area contributed by atoms with E-state index in [-0.39, 0.29) is 41.5 Å². The van der Waals surface area contributed by atoms with Gasteiger partial charge in [0.2, 0.25) is 5.91 Å². The first-order chi connectivity index (χ1) is 15.9. The molecule has 0 aromatic heterocycles. The highest BCUT2D eigenvalue weighted by Gasteiger charge is 2.37. The monoisotopic (exact) mass is 470 g/mol. The van der Waals surface area contributed by atoms with Crippen LogP contribution >= 0.6 is 11.6 Å². The van der Waals surface area contributed by atoms with E-state index < -0.39 is 6.03 Å². The van der Waals surface area contributed by atoms with Gasteiger partial charge >= 0.3 is 6.03 Å². The second kappa shape index (κ2) is 8.76. The molecule has 1 N–H and O–H groups in total. The standard InChI is InChI=1S/C24H24ClFN4O3/c25-22-18(2-1-3-20(22)26)16-6-9-28(10-7-16)13-15-4-5-19-17(12-15)14-30(23(19)32)29-11-8-21(31)27-24(29)33/h1-5,12,16H,6-11,13-14H2,(H,27,31,33). The van der Waals surface area contributed by atoms with Crippen molar-refractivity contribution in [3.8, 4) is 0 Å². The summed E-state index contributed by atoms with van der Waals surface area (Å²) in [6, 6.07) is 10.2. The van der Waals surface area contributed by atoms with E-state index in [1.54, 1.807) is 6.07 Å². The molecule has 2 aromatic rings. The summed E-state index contributed by atoms with van der Waals surface area (Å²) in [5.74, 6) is -0.676. The molecule has 0 unspecified atom stereocenters. The molecule has 0 bridgehead atoms. The Bertz CT molecular complexity index is 1130. The SMILES string of the molecule is O=C1CCN(N2Cc3cc(CN4CCC(c5cccc(F)c5Cl)CC4)ccc3C2=O)C(=O)N1. The number of hydrogen-bond donors (Lipinski definition) is 1. The Labute approximate surface area is 196 Å². The van der Waals surface area contributed by atoms with Crippen molar-refractivity contribution < 1.29 is 18.8 Å². The second-order valence-corrected chi connectivity index (χ2v) is 9.15. The molecule has 9 heteroatoms. The molecule has 5 rings (SSSR count). The average molecular weight is 471 g/mol. The Balaban J connectivity index is 1.22. The van der Waals surface area contributed by atoms with Gasteiger partial charge in [-0.3, -0.25) is 19.8 Å². The Hall–Kier alpha value is -2.97. The van der Waals surface area contributed by atoms with Gasteiger partial charge in [-0.05, 0) is 60.7 Å². The number of fused-ring (bicyclic) bond motifs is 1. The zero-order chi connectivity index (χ0) is 23.1. The van der Waals surface area contributed by atoms with E-state index in [0.29, 0.717) is 12.1 Å². The summed E-state index contributed by atoms with van der Waals surface area (Å²) in [5.41, 5.74) is 3.45. The number of nitrogens with zero attached hydrogens (tertiary/aromatic N) is 3. The Morgan fingerprint density at radius 2 is 1.82 bits per heavy atom. The molecule has 0 aliphatic carbocycles. The Morgan fingerprint density at radius 1 is 1.03 bits per heavy atom. The van der Waals surface area contributed by atoms with E-state index in [9.17, 15) is 18.8 Å². The van der Waals surface area contributed by atoms with Crippen molar-refractivity contribution in [2.24, 2.45) is 0 Å².